The number of benzene rings is 1. The van der Waals surface area contributed by atoms with Crippen LogP contribution >= 0.6 is 24.8 Å². The molecule has 1 aromatic carbocycles. The van der Waals surface area contributed by atoms with E-state index in [-0.39, 0.29) is 31.4 Å². The fourth-order valence-corrected chi connectivity index (χ4v) is 2.75. The van der Waals surface area contributed by atoms with Crippen LogP contribution in [0.15, 0.2) is 48.7 Å². The lowest BCUT2D eigenvalue weighted by atomic mass is 10.1. The molecule has 7 nitrogen and oxygen atoms in total. The lowest BCUT2D eigenvalue weighted by Crippen LogP contribution is -2.17. The Labute approximate surface area is 181 Å². The first kappa shape index (κ1) is 24.6. The highest BCUT2D eigenvalue weighted by Gasteiger charge is 2.17. The lowest BCUT2D eigenvalue weighted by Gasteiger charge is -2.05. The smallest absolute Gasteiger partial charge is 0.356 e. The Balaban J connectivity index is 0.00000210. The minimum atomic E-state index is -0.418. The largest absolute Gasteiger partial charge is 0.461 e. The van der Waals surface area contributed by atoms with Crippen molar-refractivity contribution < 1.29 is 14.6 Å². The van der Waals surface area contributed by atoms with Gasteiger partial charge in [0.05, 0.1) is 31.1 Å². The summed E-state index contributed by atoms with van der Waals surface area (Å²) in [5.41, 5.74) is 10.1. The number of aliphatic hydroxyl groups excluding tert-OH is 1. The third-order valence-corrected chi connectivity index (χ3v) is 4.09. The van der Waals surface area contributed by atoms with Gasteiger partial charge in [0.15, 0.2) is 0 Å². The molecule has 0 unspecified atom stereocenters. The number of aliphatic hydroxyl groups is 1. The summed E-state index contributed by atoms with van der Waals surface area (Å²) in [6.07, 6.45) is 1.70. The van der Waals surface area contributed by atoms with Gasteiger partial charge in [0.2, 0.25) is 0 Å². The molecular formula is C20H24Cl2N4O3. The van der Waals surface area contributed by atoms with Crippen LogP contribution in [0.4, 0.5) is 0 Å². The Morgan fingerprint density at radius 2 is 1.83 bits per heavy atom. The van der Waals surface area contributed by atoms with E-state index in [1.54, 1.807) is 23.9 Å². The average molecular weight is 439 g/mol. The number of hydrogen-bond donors (Lipinski definition) is 2. The highest BCUT2D eigenvalue weighted by molar-refractivity contribution is 5.89. The molecule has 0 bridgehead atoms. The number of carbonyl (C=O) groups is 1. The van der Waals surface area contributed by atoms with Crippen molar-refractivity contribution in [2.45, 2.75) is 20.1 Å². The molecule has 0 radical (unpaired) electrons. The SMILES string of the molecule is CCOC(=O)c1cc(-c2ccnc(-c3ccc(CO)cc3)c2)nn1CCN.Cl.Cl. The number of nitrogens with two attached hydrogens (primary N) is 1. The maximum Gasteiger partial charge on any atom is 0.356 e. The Kier molecular flexibility index (Phi) is 9.77. The first-order valence-corrected chi connectivity index (χ1v) is 8.78. The Morgan fingerprint density at radius 3 is 2.45 bits per heavy atom. The van der Waals surface area contributed by atoms with Gasteiger partial charge < -0.3 is 15.6 Å². The zero-order valence-electron chi connectivity index (χ0n) is 15.9. The van der Waals surface area contributed by atoms with Crippen LogP contribution in [0.1, 0.15) is 23.0 Å². The molecule has 9 heteroatoms. The summed E-state index contributed by atoms with van der Waals surface area (Å²) < 4.78 is 6.68. The van der Waals surface area contributed by atoms with E-state index in [0.717, 1.165) is 22.4 Å². The molecule has 0 amide bonds. The second kappa shape index (κ2) is 11.5. The van der Waals surface area contributed by atoms with Gasteiger partial charge in [-0.25, -0.2) is 4.79 Å². The third kappa shape index (κ3) is 5.77. The highest BCUT2D eigenvalue weighted by atomic mass is 35.5. The Morgan fingerprint density at radius 1 is 1.10 bits per heavy atom. The summed E-state index contributed by atoms with van der Waals surface area (Å²) in [6.45, 7) is 2.86. The second-order valence-corrected chi connectivity index (χ2v) is 5.93. The standard InChI is InChI=1S/C20H22N4O3.2ClH/c1-2-27-20(26)19-12-18(23-24(19)10-8-21)16-7-9-22-17(11-16)15-5-3-14(13-25)4-6-15;;/h3-7,9,11-12,25H,2,8,10,13,21H2,1H3;2*1H. The zero-order chi connectivity index (χ0) is 19.2. The van der Waals surface area contributed by atoms with E-state index in [2.05, 4.69) is 10.1 Å². The van der Waals surface area contributed by atoms with Crippen LogP contribution in [0.25, 0.3) is 22.5 Å². The van der Waals surface area contributed by atoms with Crippen molar-refractivity contribution in [3.8, 4) is 22.5 Å². The molecule has 0 saturated carbocycles. The third-order valence-electron chi connectivity index (χ3n) is 4.09. The summed E-state index contributed by atoms with van der Waals surface area (Å²) >= 11 is 0. The maximum atomic E-state index is 12.2. The summed E-state index contributed by atoms with van der Waals surface area (Å²) in [7, 11) is 0. The van der Waals surface area contributed by atoms with Gasteiger partial charge in [0, 0.05) is 23.9 Å². The van der Waals surface area contributed by atoms with E-state index >= 15 is 0 Å². The van der Waals surface area contributed by atoms with Crippen molar-refractivity contribution in [3.63, 3.8) is 0 Å². The molecular weight excluding hydrogens is 415 g/mol. The van der Waals surface area contributed by atoms with Gasteiger partial charge in [-0.3, -0.25) is 9.67 Å². The predicted octanol–water partition coefficient (Wildman–Crippen LogP) is 3.08. The summed E-state index contributed by atoms with van der Waals surface area (Å²) in [5, 5.41) is 13.7. The predicted molar refractivity (Wildman–Crippen MR) is 116 cm³/mol. The van der Waals surface area contributed by atoms with Crippen molar-refractivity contribution >= 4 is 30.8 Å². The highest BCUT2D eigenvalue weighted by Crippen LogP contribution is 2.25. The first-order chi connectivity index (χ1) is 13.2. The van der Waals surface area contributed by atoms with Crippen molar-refractivity contribution in [2.24, 2.45) is 5.73 Å². The number of esters is 1. The Bertz CT molecular complexity index is 930. The van der Waals surface area contributed by atoms with Gasteiger partial charge in [-0.2, -0.15) is 5.10 Å². The van der Waals surface area contributed by atoms with Crippen molar-refractivity contribution in [1.82, 2.24) is 14.8 Å². The number of carbonyl (C=O) groups excluding carboxylic acids is 1. The topological polar surface area (TPSA) is 103 Å². The van der Waals surface area contributed by atoms with Gasteiger partial charge in [0.25, 0.3) is 0 Å². The van der Waals surface area contributed by atoms with Crippen molar-refractivity contribution in [3.05, 3.63) is 59.9 Å². The molecule has 0 aliphatic carbocycles. The quantitative estimate of drug-likeness (QED) is 0.549. The molecule has 0 atom stereocenters. The number of pyridine rings is 1. The summed E-state index contributed by atoms with van der Waals surface area (Å²) in [6, 6.07) is 13.0. The monoisotopic (exact) mass is 438 g/mol. The van der Waals surface area contributed by atoms with Crippen LogP contribution in [-0.2, 0) is 17.9 Å². The maximum absolute atomic E-state index is 12.2. The van der Waals surface area contributed by atoms with E-state index in [1.165, 1.54) is 0 Å². The number of hydrogen-bond acceptors (Lipinski definition) is 6. The number of ether oxygens (including phenoxy) is 1. The minimum Gasteiger partial charge on any atom is -0.461 e. The van der Waals surface area contributed by atoms with Gasteiger partial charge in [-0.15, -0.1) is 24.8 Å². The summed E-state index contributed by atoms with van der Waals surface area (Å²) in [4.78, 5) is 16.6. The molecule has 156 valence electrons. The van der Waals surface area contributed by atoms with E-state index < -0.39 is 5.97 Å². The zero-order valence-corrected chi connectivity index (χ0v) is 17.6. The van der Waals surface area contributed by atoms with Gasteiger partial charge in [-0.1, -0.05) is 24.3 Å². The normalized spacial score (nSPS) is 10.0. The van der Waals surface area contributed by atoms with E-state index in [9.17, 15) is 9.90 Å². The number of rotatable bonds is 7. The number of halogens is 2. The molecule has 0 aliphatic heterocycles. The molecule has 0 spiro atoms. The average Bonchev–Trinajstić information content (AvgIpc) is 3.13. The molecule has 2 heterocycles. The van der Waals surface area contributed by atoms with Crippen LogP contribution < -0.4 is 5.73 Å². The van der Waals surface area contributed by atoms with Crippen LogP contribution in [0.3, 0.4) is 0 Å². The number of aromatic nitrogens is 3. The summed E-state index contributed by atoms with van der Waals surface area (Å²) in [5.74, 6) is -0.418. The van der Waals surface area contributed by atoms with Crippen LogP contribution in [0, 0.1) is 0 Å². The van der Waals surface area contributed by atoms with Gasteiger partial charge in [-0.05, 0) is 30.7 Å². The molecule has 29 heavy (non-hydrogen) atoms. The first-order valence-electron chi connectivity index (χ1n) is 8.78. The molecule has 0 aliphatic rings. The van der Waals surface area contributed by atoms with Crippen LogP contribution in [-0.4, -0.2) is 39.0 Å². The molecule has 3 N–H and O–H groups in total. The van der Waals surface area contributed by atoms with Crippen LogP contribution in [0.5, 0.6) is 0 Å². The number of nitrogens with zero attached hydrogens (tertiary/aromatic N) is 3. The molecule has 3 rings (SSSR count). The second-order valence-electron chi connectivity index (χ2n) is 5.93. The van der Waals surface area contributed by atoms with E-state index in [4.69, 9.17) is 10.5 Å². The molecule has 0 fully saturated rings. The fourth-order valence-electron chi connectivity index (χ4n) is 2.75. The van der Waals surface area contributed by atoms with Crippen LogP contribution in [0.2, 0.25) is 0 Å². The Hall–Kier alpha value is -2.45. The van der Waals surface area contributed by atoms with Gasteiger partial charge in [0.1, 0.15) is 5.69 Å². The van der Waals surface area contributed by atoms with E-state index in [0.29, 0.717) is 31.1 Å². The van der Waals surface area contributed by atoms with Gasteiger partial charge >= 0.3 is 5.97 Å². The lowest BCUT2D eigenvalue weighted by molar-refractivity contribution is 0.0512. The van der Waals surface area contributed by atoms with Crippen molar-refractivity contribution in [1.29, 1.82) is 0 Å². The fraction of sp³-hybridized carbons (Fsp3) is 0.250. The van der Waals surface area contributed by atoms with Crippen molar-refractivity contribution in [2.75, 3.05) is 13.2 Å². The minimum absolute atomic E-state index is 0. The molecule has 2 aromatic heterocycles. The molecule has 0 saturated heterocycles. The van der Waals surface area contributed by atoms with E-state index in [1.807, 2.05) is 36.4 Å². The molecule has 3 aromatic rings.